The zero-order valence-corrected chi connectivity index (χ0v) is 19.4. The summed E-state index contributed by atoms with van der Waals surface area (Å²) >= 11 is 0. The number of carbonyl (C=O) groups excluding carboxylic acids is 1. The Bertz CT molecular complexity index is 1260. The number of pyridine rings is 1. The number of rotatable bonds is 4. The van der Waals surface area contributed by atoms with Gasteiger partial charge in [0.15, 0.2) is 5.82 Å². The molecule has 8 rings (SSSR count). The SMILES string of the molecule is O=C(N1CC2(CC(n3cnc(C4CC4)n3)C2)C1)N1CC2(CN(Cc3cnn4ccccc34)C2)C1. The molecule has 3 aromatic rings. The average Bonchev–Trinajstić information content (AvgIpc) is 3.32. The Hall–Kier alpha value is -2.94. The largest absolute Gasteiger partial charge is 0.323 e. The van der Waals surface area contributed by atoms with E-state index in [4.69, 9.17) is 5.10 Å². The van der Waals surface area contributed by atoms with E-state index in [-0.39, 0.29) is 6.03 Å². The minimum atomic E-state index is 0.248. The topological polar surface area (TPSA) is 74.8 Å². The van der Waals surface area contributed by atoms with Crippen molar-refractivity contribution in [1.29, 1.82) is 0 Å². The van der Waals surface area contributed by atoms with Gasteiger partial charge in [0, 0.05) is 74.3 Å². The number of urea groups is 1. The van der Waals surface area contributed by atoms with E-state index in [1.54, 1.807) is 0 Å². The highest BCUT2D eigenvalue weighted by Crippen LogP contribution is 2.54. The van der Waals surface area contributed by atoms with Crippen molar-refractivity contribution in [2.45, 2.75) is 44.2 Å². The molecular weight excluding hydrogens is 428 g/mol. The number of likely N-dealkylation sites (tertiary alicyclic amines) is 3. The third-order valence-electron chi connectivity index (χ3n) is 8.84. The van der Waals surface area contributed by atoms with E-state index in [9.17, 15) is 4.79 Å². The molecule has 6 heterocycles. The lowest BCUT2D eigenvalue weighted by Crippen LogP contribution is -2.75. The van der Waals surface area contributed by atoms with Gasteiger partial charge in [-0.15, -0.1) is 0 Å². The molecule has 0 aromatic carbocycles. The Morgan fingerprint density at radius 2 is 1.76 bits per heavy atom. The minimum Gasteiger partial charge on any atom is -0.323 e. The second kappa shape index (κ2) is 6.59. The van der Waals surface area contributed by atoms with Crippen LogP contribution in [0.15, 0.2) is 36.9 Å². The molecule has 5 fully saturated rings. The predicted molar refractivity (Wildman–Crippen MR) is 124 cm³/mol. The molecule has 176 valence electrons. The van der Waals surface area contributed by atoms with Crippen LogP contribution in [0.3, 0.4) is 0 Å². The highest BCUT2D eigenvalue weighted by atomic mass is 16.2. The molecule has 2 aliphatic carbocycles. The molecule has 2 spiro atoms. The van der Waals surface area contributed by atoms with Gasteiger partial charge in [-0.3, -0.25) is 4.90 Å². The van der Waals surface area contributed by atoms with Gasteiger partial charge in [-0.05, 0) is 37.8 Å². The number of amides is 2. The van der Waals surface area contributed by atoms with Crippen molar-refractivity contribution in [2.75, 3.05) is 39.3 Å². The van der Waals surface area contributed by atoms with Crippen LogP contribution in [0.2, 0.25) is 0 Å². The highest BCUT2D eigenvalue weighted by molar-refractivity contribution is 5.77. The first-order chi connectivity index (χ1) is 16.6. The van der Waals surface area contributed by atoms with E-state index >= 15 is 0 Å². The van der Waals surface area contributed by atoms with Gasteiger partial charge in [0.05, 0.1) is 17.8 Å². The zero-order valence-electron chi connectivity index (χ0n) is 19.4. The smallest absolute Gasteiger partial charge is 0.320 e. The van der Waals surface area contributed by atoms with Crippen LogP contribution in [0.5, 0.6) is 0 Å². The number of nitrogens with zero attached hydrogens (tertiary/aromatic N) is 8. The fourth-order valence-electron chi connectivity index (χ4n) is 6.94. The summed E-state index contributed by atoms with van der Waals surface area (Å²) in [6, 6.07) is 6.92. The van der Waals surface area contributed by atoms with E-state index in [1.165, 1.54) is 23.9 Å². The molecule has 3 saturated heterocycles. The third-order valence-corrected chi connectivity index (χ3v) is 8.84. The monoisotopic (exact) mass is 458 g/mol. The van der Waals surface area contributed by atoms with Crippen molar-refractivity contribution in [1.82, 2.24) is 39.1 Å². The summed E-state index contributed by atoms with van der Waals surface area (Å²) in [5.74, 6) is 1.65. The number of carbonyl (C=O) groups is 1. The maximum atomic E-state index is 13.0. The molecule has 9 heteroatoms. The maximum absolute atomic E-state index is 13.0. The van der Waals surface area contributed by atoms with Gasteiger partial charge >= 0.3 is 6.03 Å². The summed E-state index contributed by atoms with van der Waals surface area (Å²) in [5, 5.41) is 9.16. The van der Waals surface area contributed by atoms with Crippen LogP contribution < -0.4 is 0 Å². The van der Waals surface area contributed by atoms with Gasteiger partial charge in [-0.2, -0.15) is 10.2 Å². The summed E-state index contributed by atoms with van der Waals surface area (Å²) in [7, 11) is 0. The zero-order chi connectivity index (χ0) is 22.5. The second-order valence-corrected chi connectivity index (χ2v) is 11.8. The molecule has 0 radical (unpaired) electrons. The van der Waals surface area contributed by atoms with Gasteiger partial charge in [0.2, 0.25) is 0 Å². The molecule has 3 aliphatic heterocycles. The lowest BCUT2D eigenvalue weighted by atomic mass is 9.60. The van der Waals surface area contributed by atoms with Crippen LogP contribution >= 0.6 is 0 Å². The molecule has 2 saturated carbocycles. The predicted octanol–water partition coefficient (Wildman–Crippen LogP) is 2.38. The normalized spacial score (nSPS) is 25.3. The summed E-state index contributed by atoms with van der Waals surface area (Å²) in [6.45, 7) is 6.74. The standard InChI is InChI=1S/C25H30N8O/c34-23(30-13-24(14-30)7-20(8-24)33-17-26-22(28-33)18-4-5-18)31-15-25(16-31)11-29(12-25)10-19-9-27-32-6-2-1-3-21(19)32/h1-3,6,9,17-18,20H,4-5,7-8,10-16H2. The summed E-state index contributed by atoms with van der Waals surface area (Å²) < 4.78 is 4.02. The Balaban J connectivity index is 0.803. The number of hydrogen-bond acceptors (Lipinski definition) is 5. The first-order valence-electron chi connectivity index (χ1n) is 12.7. The van der Waals surface area contributed by atoms with Crippen molar-refractivity contribution >= 4 is 11.5 Å². The van der Waals surface area contributed by atoms with E-state index in [0.29, 0.717) is 22.8 Å². The molecular formula is C25H30N8O. The van der Waals surface area contributed by atoms with Crippen LogP contribution in [0, 0.1) is 10.8 Å². The fourth-order valence-corrected chi connectivity index (χ4v) is 6.94. The lowest BCUT2D eigenvalue weighted by Gasteiger charge is -2.63. The lowest BCUT2D eigenvalue weighted by molar-refractivity contribution is -0.120. The first kappa shape index (κ1) is 19.4. The Morgan fingerprint density at radius 3 is 2.53 bits per heavy atom. The molecule has 0 unspecified atom stereocenters. The quantitative estimate of drug-likeness (QED) is 0.600. The summed E-state index contributed by atoms with van der Waals surface area (Å²) in [5.41, 5.74) is 3.11. The van der Waals surface area contributed by atoms with Crippen molar-refractivity contribution in [3.63, 3.8) is 0 Å². The molecule has 2 amide bonds. The highest BCUT2D eigenvalue weighted by Gasteiger charge is 2.58. The van der Waals surface area contributed by atoms with Crippen molar-refractivity contribution in [2.24, 2.45) is 10.8 Å². The first-order valence-corrected chi connectivity index (χ1v) is 12.7. The van der Waals surface area contributed by atoms with E-state index < -0.39 is 0 Å². The van der Waals surface area contributed by atoms with Crippen molar-refractivity contribution in [3.8, 4) is 0 Å². The molecule has 0 bridgehead atoms. The molecule has 34 heavy (non-hydrogen) atoms. The Kier molecular flexibility index (Phi) is 3.76. The third kappa shape index (κ3) is 2.88. The van der Waals surface area contributed by atoms with Crippen LogP contribution in [-0.2, 0) is 6.54 Å². The number of aromatic nitrogens is 5. The van der Waals surface area contributed by atoms with E-state index in [1.807, 2.05) is 29.3 Å². The van der Waals surface area contributed by atoms with Crippen LogP contribution in [0.25, 0.3) is 5.52 Å². The summed E-state index contributed by atoms with van der Waals surface area (Å²) in [6.07, 6.45) is 10.6. The molecule has 5 aliphatic rings. The van der Waals surface area contributed by atoms with Crippen LogP contribution in [0.1, 0.15) is 49.0 Å². The van der Waals surface area contributed by atoms with Crippen LogP contribution in [0.4, 0.5) is 4.79 Å². The molecule has 3 aromatic heterocycles. The van der Waals surface area contributed by atoms with Gasteiger partial charge in [0.1, 0.15) is 6.33 Å². The fraction of sp³-hybridized carbons (Fsp3) is 0.600. The Labute approximate surface area is 198 Å². The second-order valence-electron chi connectivity index (χ2n) is 11.8. The molecule has 0 atom stereocenters. The maximum Gasteiger partial charge on any atom is 0.320 e. The summed E-state index contributed by atoms with van der Waals surface area (Å²) in [4.78, 5) is 24.1. The van der Waals surface area contributed by atoms with Crippen molar-refractivity contribution in [3.05, 3.63) is 48.3 Å². The van der Waals surface area contributed by atoms with Crippen LogP contribution in [-0.4, -0.2) is 84.4 Å². The average molecular weight is 459 g/mol. The van der Waals surface area contributed by atoms with E-state index in [2.05, 4.69) is 41.6 Å². The van der Waals surface area contributed by atoms with Gasteiger partial charge in [-0.25, -0.2) is 19.0 Å². The van der Waals surface area contributed by atoms with E-state index in [0.717, 1.165) is 64.5 Å². The van der Waals surface area contributed by atoms with Crippen molar-refractivity contribution < 1.29 is 4.79 Å². The number of hydrogen-bond donors (Lipinski definition) is 0. The Morgan fingerprint density at radius 1 is 1.00 bits per heavy atom. The molecule has 0 N–H and O–H groups in total. The molecule has 9 nitrogen and oxygen atoms in total. The minimum absolute atomic E-state index is 0.248. The van der Waals surface area contributed by atoms with Gasteiger partial charge in [-0.1, -0.05) is 6.07 Å². The number of fused-ring (bicyclic) bond motifs is 1. The van der Waals surface area contributed by atoms with Gasteiger partial charge in [0.25, 0.3) is 0 Å². The van der Waals surface area contributed by atoms with Gasteiger partial charge < -0.3 is 9.80 Å².